The minimum Gasteiger partial charge on any atom is -0.274 e. The fraction of sp³-hybridized carbons (Fsp3) is 0.125. The van der Waals surface area contributed by atoms with Crippen molar-refractivity contribution in [1.82, 2.24) is 5.43 Å². The van der Waals surface area contributed by atoms with Gasteiger partial charge in [-0.3, -0.25) is 4.79 Å². The minimum absolute atomic E-state index is 0.256. The summed E-state index contributed by atoms with van der Waals surface area (Å²) < 4.78 is 0.482. The summed E-state index contributed by atoms with van der Waals surface area (Å²) in [5, 5.41) is 12.2. The van der Waals surface area contributed by atoms with Crippen molar-refractivity contribution in [3.8, 4) is 6.07 Å². The molecule has 6 heteroatoms. The zero-order valence-corrected chi connectivity index (χ0v) is 8.82. The van der Waals surface area contributed by atoms with Crippen LogP contribution in [0.2, 0.25) is 4.34 Å². The van der Waals surface area contributed by atoms with Crippen molar-refractivity contribution in [3.05, 3.63) is 20.8 Å². The third kappa shape index (κ3) is 2.83. The zero-order chi connectivity index (χ0) is 10.6. The highest BCUT2D eigenvalue weighted by Gasteiger charge is 2.03. The van der Waals surface area contributed by atoms with Gasteiger partial charge in [0.2, 0.25) is 5.91 Å². The molecule has 1 heterocycles. The summed E-state index contributed by atoms with van der Waals surface area (Å²) in [5.41, 5.74) is 2.87. The molecule has 0 saturated heterocycles. The standard InChI is InChI=1S/C8H6ClN3OS/c1-5(13)12-11-4-6-2-7(3-10)14-8(6)9/h2,4H,1H3,(H,12,13). The van der Waals surface area contributed by atoms with Crippen molar-refractivity contribution < 1.29 is 4.79 Å². The highest BCUT2D eigenvalue weighted by Crippen LogP contribution is 2.25. The molecular weight excluding hydrogens is 222 g/mol. The van der Waals surface area contributed by atoms with Gasteiger partial charge >= 0.3 is 0 Å². The van der Waals surface area contributed by atoms with Crippen LogP contribution in [0.3, 0.4) is 0 Å². The Morgan fingerprint density at radius 3 is 3.07 bits per heavy atom. The molecule has 0 aliphatic carbocycles. The summed E-state index contributed by atoms with van der Waals surface area (Å²) in [4.78, 5) is 11.0. The number of hydrogen-bond acceptors (Lipinski definition) is 4. The number of thiophene rings is 1. The van der Waals surface area contributed by atoms with Gasteiger partial charge in [-0.05, 0) is 6.07 Å². The van der Waals surface area contributed by atoms with Gasteiger partial charge < -0.3 is 0 Å². The SMILES string of the molecule is CC(=O)NN=Cc1cc(C#N)sc1Cl. The van der Waals surface area contributed by atoms with E-state index in [1.54, 1.807) is 6.07 Å². The molecule has 1 N–H and O–H groups in total. The van der Waals surface area contributed by atoms with E-state index in [4.69, 9.17) is 16.9 Å². The van der Waals surface area contributed by atoms with E-state index in [9.17, 15) is 4.79 Å². The number of halogens is 1. The third-order valence-corrected chi connectivity index (χ3v) is 2.54. The molecule has 14 heavy (non-hydrogen) atoms. The van der Waals surface area contributed by atoms with Gasteiger partial charge in [0.15, 0.2) is 0 Å². The molecule has 0 aliphatic rings. The van der Waals surface area contributed by atoms with Crippen molar-refractivity contribution in [3.63, 3.8) is 0 Å². The molecule has 1 rings (SSSR count). The molecule has 0 spiro atoms. The van der Waals surface area contributed by atoms with E-state index in [0.29, 0.717) is 14.8 Å². The van der Waals surface area contributed by atoms with Crippen LogP contribution in [0.1, 0.15) is 17.4 Å². The highest BCUT2D eigenvalue weighted by atomic mass is 35.5. The van der Waals surface area contributed by atoms with Crippen molar-refractivity contribution in [1.29, 1.82) is 5.26 Å². The van der Waals surface area contributed by atoms with Crippen LogP contribution in [0, 0.1) is 11.3 Å². The van der Waals surface area contributed by atoms with Crippen LogP contribution >= 0.6 is 22.9 Å². The number of amides is 1. The number of rotatable bonds is 2. The molecule has 0 unspecified atom stereocenters. The highest BCUT2D eigenvalue weighted by molar-refractivity contribution is 7.17. The van der Waals surface area contributed by atoms with Gasteiger partial charge in [0.25, 0.3) is 0 Å². The maximum Gasteiger partial charge on any atom is 0.236 e. The van der Waals surface area contributed by atoms with E-state index >= 15 is 0 Å². The van der Waals surface area contributed by atoms with Gasteiger partial charge in [0.1, 0.15) is 15.3 Å². The largest absolute Gasteiger partial charge is 0.274 e. The van der Waals surface area contributed by atoms with Crippen molar-refractivity contribution in [2.24, 2.45) is 5.10 Å². The molecule has 1 aromatic rings. The molecular formula is C8H6ClN3OS. The van der Waals surface area contributed by atoms with E-state index in [1.807, 2.05) is 6.07 Å². The second-order valence-corrected chi connectivity index (χ2v) is 4.03. The van der Waals surface area contributed by atoms with Crippen LogP contribution < -0.4 is 5.43 Å². The van der Waals surface area contributed by atoms with Gasteiger partial charge in [0.05, 0.1) is 6.21 Å². The molecule has 1 amide bonds. The number of nitrogens with zero attached hydrogens (tertiary/aromatic N) is 2. The molecule has 0 bridgehead atoms. The van der Waals surface area contributed by atoms with E-state index in [2.05, 4.69) is 10.5 Å². The van der Waals surface area contributed by atoms with E-state index < -0.39 is 0 Å². The lowest BCUT2D eigenvalue weighted by Gasteiger charge is -1.89. The third-order valence-electron chi connectivity index (χ3n) is 1.25. The first-order valence-corrected chi connectivity index (χ1v) is 4.82. The second kappa shape index (κ2) is 4.74. The first-order valence-electron chi connectivity index (χ1n) is 3.62. The van der Waals surface area contributed by atoms with E-state index in [0.717, 1.165) is 0 Å². The number of hydrazone groups is 1. The van der Waals surface area contributed by atoms with Crippen LogP contribution in [0.4, 0.5) is 0 Å². The van der Waals surface area contributed by atoms with Gasteiger partial charge in [-0.15, -0.1) is 11.3 Å². The average Bonchev–Trinajstić information content (AvgIpc) is 2.47. The summed E-state index contributed by atoms with van der Waals surface area (Å²) >= 11 is 6.98. The second-order valence-electron chi connectivity index (χ2n) is 2.38. The molecule has 0 aromatic carbocycles. The van der Waals surface area contributed by atoms with Crippen LogP contribution in [0.25, 0.3) is 0 Å². The number of nitriles is 1. The molecule has 0 atom stereocenters. The topological polar surface area (TPSA) is 65.2 Å². The summed E-state index contributed by atoms with van der Waals surface area (Å²) in [6, 6.07) is 3.58. The normalized spacial score (nSPS) is 10.1. The summed E-state index contributed by atoms with van der Waals surface area (Å²) in [5.74, 6) is -0.256. The van der Waals surface area contributed by atoms with Crippen LogP contribution in [0.5, 0.6) is 0 Å². The first kappa shape index (κ1) is 10.7. The number of hydrogen-bond donors (Lipinski definition) is 1. The quantitative estimate of drug-likeness (QED) is 0.618. The summed E-state index contributed by atoms with van der Waals surface area (Å²) in [6.07, 6.45) is 1.40. The fourth-order valence-electron chi connectivity index (χ4n) is 0.719. The molecule has 0 fully saturated rings. The fourth-order valence-corrected chi connectivity index (χ4v) is 1.73. The van der Waals surface area contributed by atoms with Crippen LogP contribution in [0.15, 0.2) is 11.2 Å². The van der Waals surface area contributed by atoms with Gasteiger partial charge in [-0.1, -0.05) is 11.6 Å². The lowest BCUT2D eigenvalue weighted by atomic mass is 10.3. The van der Waals surface area contributed by atoms with Crippen LogP contribution in [-0.4, -0.2) is 12.1 Å². The predicted octanol–water partition coefficient (Wildman–Crippen LogP) is 1.74. The Bertz CT molecular complexity index is 419. The van der Waals surface area contributed by atoms with Gasteiger partial charge in [-0.25, -0.2) is 5.43 Å². The average molecular weight is 228 g/mol. The molecule has 4 nitrogen and oxygen atoms in total. The summed E-state index contributed by atoms with van der Waals surface area (Å²) in [6.45, 7) is 1.35. The lowest BCUT2D eigenvalue weighted by molar-refractivity contribution is -0.118. The number of carbonyl (C=O) groups excluding carboxylic acids is 1. The van der Waals surface area contributed by atoms with Gasteiger partial charge in [-0.2, -0.15) is 10.4 Å². The smallest absolute Gasteiger partial charge is 0.236 e. The number of nitrogens with one attached hydrogen (secondary N) is 1. The maximum atomic E-state index is 10.5. The van der Waals surface area contributed by atoms with E-state index in [1.165, 1.54) is 24.5 Å². The Morgan fingerprint density at radius 2 is 2.57 bits per heavy atom. The lowest BCUT2D eigenvalue weighted by Crippen LogP contribution is -2.12. The molecule has 0 saturated carbocycles. The number of carbonyl (C=O) groups is 1. The predicted molar refractivity (Wildman–Crippen MR) is 55.5 cm³/mol. The van der Waals surface area contributed by atoms with Crippen molar-refractivity contribution >= 4 is 35.1 Å². The first-order chi connectivity index (χ1) is 6.63. The Balaban J connectivity index is 2.77. The Labute approximate surface area is 89.8 Å². The molecule has 72 valence electrons. The Hall–Kier alpha value is -1.38. The molecule has 1 aromatic heterocycles. The molecule has 0 aliphatic heterocycles. The monoisotopic (exact) mass is 227 g/mol. The summed E-state index contributed by atoms with van der Waals surface area (Å²) in [7, 11) is 0. The van der Waals surface area contributed by atoms with Gasteiger partial charge in [0, 0.05) is 12.5 Å². The van der Waals surface area contributed by atoms with Crippen LogP contribution in [-0.2, 0) is 4.79 Å². The van der Waals surface area contributed by atoms with Crippen molar-refractivity contribution in [2.75, 3.05) is 0 Å². The van der Waals surface area contributed by atoms with E-state index in [-0.39, 0.29) is 5.91 Å². The van der Waals surface area contributed by atoms with Crippen molar-refractivity contribution in [2.45, 2.75) is 6.92 Å². The zero-order valence-electron chi connectivity index (χ0n) is 7.24. The Morgan fingerprint density at radius 1 is 1.86 bits per heavy atom. The Kier molecular flexibility index (Phi) is 3.63. The maximum absolute atomic E-state index is 10.5. The minimum atomic E-state index is -0.256. The molecule has 0 radical (unpaired) electrons.